The summed E-state index contributed by atoms with van der Waals surface area (Å²) in [4.78, 5) is 4.58. The molecule has 1 unspecified atom stereocenters. The largest absolute Gasteiger partial charge is 0.339 e. The molecular weight excluding hydrogens is 226 g/mol. The summed E-state index contributed by atoms with van der Waals surface area (Å²) in [5, 5.41) is 4.18. The van der Waals surface area contributed by atoms with Gasteiger partial charge in [-0.15, -0.1) is 0 Å². The number of aromatic nitrogens is 2. The van der Waals surface area contributed by atoms with Crippen LogP contribution in [0.3, 0.4) is 0 Å². The molecule has 1 aromatic heterocycles. The Bertz CT molecular complexity index is 339. The lowest BCUT2D eigenvalue weighted by Crippen LogP contribution is -2.16. The lowest BCUT2D eigenvalue weighted by atomic mass is 9.99. The van der Waals surface area contributed by atoms with Crippen LogP contribution in [0.1, 0.15) is 69.5 Å². The van der Waals surface area contributed by atoms with Crippen LogP contribution in [0.5, 0.6) is 0 Å². The molecule has 0 saturated heterocycles. The van der Waals surface area contributed by atoms with Crippen LogP contribution in [0.4, 0.5) is 0 Å². The Morgan fingerprint density at radius 1 is 1.28 bits per heavy atom. The minimum Gasteiger partial charge on any atom is -0.339 e. The van der Waals surface area contributed by atoms with Crippen molar-refractivity contribution < 1.29 is 4.52 Å². The Hall–Kier alpha value is -0.900. The lowest BCUT2D eigenvalue weighted by Gasteiger charge is -2.08. The summed E-state index contributed by atoms with van der Waals surface area (Å²) in [6.45, 7) is 2.84. The third-order valence-corrected chi connectivity index (χ3v) is 4.08. The molecule has 1 aliphatic carbocycles. The van der Waals surface area contributed by atoms with Gasteiger partial charge in [0.25, 0.3) is 0 Å². The average Bonchev–Trinajstić information content (AvgIpc) is 2.69. The molecule has 4 heteroatoms. The van der Waals surface area contributed by atoms with Gasteiger partial charge in [-0.3, -0.25) is 0 Å². The second-order valence-corrected chi connectivity index (χ2v) is 5.45. The summed E-state index contributed by atoms with van der Waals surface area (Å²) in [6.07, 6.45) is 9.63. The highest BCUT2D eigenvalue weighted by Gasteiger charge is 2.20. The van der Waals surface area contributed by atoms with E-state index in [2.05, 4.69) is 17.1 Å². The molecule has 18 heavy (non-hydrogen) atoms. The Kier molecular flexibility index (Phi) is 5.17. The fourth-order valence-electron chi connectivity index (χ4n) is 2.70. The number of hydrogen-bond acceptors (Lipinski definition) is 4. The van der Waals surface area contributed by atoms with E-state index in [1.54, 1.807) is 0 Å². The van der Waals surface area contributed by atoms with Crippen LogP contribution in [0.25, 0.3) is 0 Å². The summed E-state index contributed by atoms with van der Waals surface area (Å²) in [5.41, 5.74) is 5.71. The second-order valence-electron chi connectivity index (χ2n) is 5.45. The molecule has 0 bridgehead atoms. The molecule has 1 heterocycles. The van der Waals surface area contributed by atoms with E-state index in [0.29, 0.717) is 18.4 Å². The first-order valence-corrected chi connectivity index (χ1v) is 7.36. The van der Waals surface area contributed by atoms with Gasteiger partial charge in [0.15, 0.2) is 5.82 Å². The Balaban J connectivity index is 1.96. The van der Waals surface area contributed by atoms with Gasteiger partial charge in [0.2, 0.25) is 5.89 Å². The van der Waals surface area contributed by atoms with E-state index >= 15 is 0 Å². The highest BCUT2D eigenvalue weighted by Crippen LogP contribution is 2.30. The molecule has 0 aliphatic heterocycles. The minimum atomic E-state index is 0.465. The van der Waals surface area contributed by atoms with E-state index in [1.165, 1.54) is 38.5 Å². The van der Waals surface area contributed by atoms with Crippen molar-refractivity contribution in [3.63, 3.8) is 0 Å². The summed E-state index contributed by atoms with van der Waals surface area (Å²) >= 11 is 0. The Morgan fingerprint density at radius 3 is 2.61 bits per heavy atom. The first-order valence-electron chi connectivity index (χ1n) is 7.36. The van der Waals surface area contributed by atoms with Gasteiger partial charge in [-0.05, 0) is 25.3 Å². The van der Waals surface area contributed by atoms with Crippen molar-refractivity contribution in [2.24, 2.45) is 11.7 Å². The molecule has 1 fully saturated rings. The number of nitrogens with zero attached hydrogens (tertiary/aromatic N) is 2. The predicted octanol–water partition coefficient (Wildman–Crippen LogP) is 3.03. The van der Waals surface area contributed by atoms with Crippen molar-refractivity contribution in [2.75, 3.05) is 6.54 Å². The van der Waals surface area contributed by atoms with E-state index < -0.39 is 0 Å². The molecule has 2 N–H and O–H groups in total. The van der Waals surface area contributed by atoms with Crippen molar-refractivity contribution in [3.05, 3.63) is 11.7 Å². The van der Waals surface area contributed by atoms with Crippen LogP contribution in [0.2, 0.25) is 0 Å². The van der Waals surface area contributed by atoms with E-state index in [1.807, 2.05) is 0 Å². The maximum Gasteiger partial charge on any atom is 0.226 e. The number of nitrogens with two attached hydrogens (primary N) is 1. The molecule has 1 aliphatic rings. The molecule has 0 spiro atoms. The van der Waals surface area contributed by atoms with Crippen LogP contribution in [0.15, 0.2) is 4.52 Å². The van der Waals surface area contributed by atoms with Gasteiger partial charge in [0, 0.05) is 12.3 Å². The number of rotatable bonds is 5. The maximum absolute atomic E-state index is 5.71. The zero-order valence-corrected chi connectivity index (χ0v) is 11.4. The van der Waals surface area contributed by atoms with Gasteiger partial charge in [-0.25, -0.2) is 0 Å². The molecule has 102 valence electrons. The van der Waals surface area contributed by atoms with E-state index in [0.717, 1.165) is 24.6 Å². The molecule has 2 rings (SSSR count). The summed E-state index contributed by atoms with van der Waals surface area (Å²) in [5.74, 6) is 2.68. The first kappa shape index (κ1) is 13.5. The molecule has 1 aromatic rings. The highest BCUT2D eigenvalue weighted by molar-refractivity contribution is 4.97. The molecule has 0 radical (unpaired) electrons. The molecule has 1 saturated carbocycles. The van der Waals surface area contributed by atoms with Crippen molar-refractivity contribution in [1.82, 2.24) is 10.1 Å². The summed E-state index contributed by atoms with van der Waals surface area (Å²) in [6, 6.07) is 0. The van der Waals surface area contributed by atoms with Crippen LogP contribution in [-0.4, -0.2) is 16.7 Å². The van der Waals surface area contributed by atoms with Crippen molar-refractivity contribution in [1.29, 1.82) is 0 Å². The van der Waals surface area contributed by atoms with Gasteiger partial charge in [0.05, 0.1) is 0 Å². The molecular formula is C14H25N3O. The van der Waals surface area contributed by atoms with Crippen LogP contribution in [0, 0.1) is 5.92 Å². The van der Waals surface area contributed by atoms with Gasteiger partial charge in [-0.2, -0.15) is 4.98 Å². The van der Waals surface area contributed by atoms with E-state index in [4.69, 9.17) is 10.3 Å². The third kappa shape index (κ3) is 3.55. The summed E-state index contributed by atoms with van der Waals surface area (Å²) in [7, 11) is 0. The van der Waals surface area contributed by atoms with Gasteiger partial charge in [-0.1, -0.05) is 44.2 Å². The Morgan fingerprint density at radius 2 is 2.00 bits per heavy atom. The van der Waals surface area contributed by atoms with Crippen molar-refractivity contribution in [3.8, 4) is 0 Å². The SMILES string of the molecule is CCC(CN)Cc1nc(C2CCCCCC2)no1. The van der Waals surface area contributed by atoms with Crippen LogP contribution >= 0.6 is 0 Å². The van der Waals surface area contributed by atoms with Crippen molar-refractivity contribution in [2.45, 2.75) is 64.2 Å². The quantitative estimate of drug-likeness (QED) is 0.817. The van der Waals surface area contributed by atoms with Gasteiger partial charge in [0.1, 0.15) is 0 Å². The highest BCUT2D eigenvalue weighted by atomic mass is 16.5. The standard InChI is InChI=1S/C14H25N3O/c1-2-11(10-15)9-13-16-14(17-18-13)12-7-5-3-4-6-8-12/h11-12H,2-10,15H2,1H3. The van der Waals surface area contributed by atoms with Crippen LogP contribution in [-0.2, 0) is 6.42 Å². The minimum absolute atomic E-state index is 0.465. The molecule has 0 amide bonds. The fraction of sp³-hybridized carbons (Fsp3) is 0.857. The fourth-order valence-corrected chi connectivity index (χ4v) is 2.70. The first-order chi connectivity index (χ1) is 8.83. The van der Waals surface area contributed by atoms with E-state index in [9.17, 15) is 0 Å². The van der Waals surface area contributed by atoms with Crippen molar-refractivity contribution >= 4 is 0 Å². The maximum atomic E-state index is 5.71. The number of hydrogen-bond donors (Lipinski definition) is 1. The normalized spacial score (nSPS) is 19.7. The topological polar surface area (TPSA) is 64.9 Å². The van der Waals surface area contributed by atoms with Gasteiger partial charge >= 0.3 is 0 Å². The monoisotopic (exact) mass is 251 g/mol. The third-order valence-electron chi connectivity index (χ3n) is 4.08. The Labute approximate surface area is 109 Å². The smallest absolute Gasteiger partial charge is 0.226 e. The van der Waals surface area contributed by atoms with Gasteiger partial charge < -0.3 is 10.3 Å². The predicted molar refractivity (Wildman–Crippen MR) is 71.3 cm³/mol. The van der Waals surface area contributed by atoms with Crippen LogP contribution < -0.4 is 5.73 Å². The van der Waals surface area contributed by atoms with E-state index in [-0.39, 0.29) is 0 Å². The molecule has 4 nitrogen and oxygen atoms in total. The lowest BCUT2D eigenvalue weighted by molar-refractivity contribution is 0.343. The summed E-state index contributed by atoms with van der Waals surface area (Å²) < 4.78 is 5.38. The zero-order valence-electron chi connectivity index (χ0n) is 11.4. The zero-order chi connectivity index (χ0) is 12.8. The molecule has 0 aromatic carbocycles. The molecule has 1 atom stereocenters. The second kappa shape index (κ2) is 6.88. The average molecular weight is 251 g/mol.